The van der Waals surface area contributed by atoms with Crippen LogP contribution in [-0.4, -0.2) is 16.8 Å². The van der Waals surface area contributed by atoms with Crippen LogP contribution in [0, 0.1) is 5.82 Å². The zero-order chi connectivity index (χ0) is 20.5. The Hall–Kier alpha value is -2.44. The van der Waals surface area contributed by atoms with Gasteiger partial charge in [-0.1, -0.05) is 12.1 Å². The Balaban J connectivity index is 2.33. The first-order valence-corrected chi connectivity index (χ1v) is 10.1. The minimum Gasteiger partial charge on any atom is -0.279 e. The maximum absolute atomic E-state index is 13.2. The maximum atomic E-state index is 13.2. The number of anilines is 1. The summed E-state index contributed by atoms with van der Waals surface area (Å²) in [6, 6.07) is 6.09. The van der Waals surface area contributed by atoms with Crippen LogP contribution in [0.25, 0.3) is 6.08 Å². The predicted molar refractivity (Wildman–Crippen MR) is 90.8 cm³/mol. The number of sulfonamides is 2. The molecule has 146 valence electrons. The fraction of sp³-hybridized carbons (Fsp3) is 0.0667. The van der Waals surface area contributed by atoms with Crippen LogP contribution in [-0.2, 0) is 26.2 Å². The Bertz CT molecular complexity index is 1100. The monoisotopic (exact) mass is 424 g/mol. The molecule has 27 heavy (non-hydrogen) atoms. The minimum absolute atomic E-state index is 0.0547. The molecule has 0 aliphatic carbocycles. The van der Waals surface area contributed by atoms with E-state index in [-0.39, 0.29) is 5.56 Å². The van der Waals surface area contributed by atoms with Crippen LogP contribution in [0.5, 0.6) is 0 Å². The quantitative estimate of drug-likeness (QED) is 0.720. The molecular weight excluding hydrogens is 412 g/mol. The highest BCUT2D eigenvalue weighted by atomic mass is 32.2. The molecule has 0 aliphatic rings. The largest absolute Gasteiger partial charge is 0.416 e. The number of nitrogens with two attached hydrogens (primary N) is 1. The molecule has 0 unspecified atom stereocenters. The van der Waals surface area contributed by atoms with Crippen molar-refractivity contribution in [3.8, 4) is 0 Å². The first-order chi connectivity index (χ1) is 12.3. The van der Waals surface area contributed by atoms with Gasteiger partial charge in [0.1, 0.15) is 10.7 Å². The number of rotatable bonds is 5. The van der Waals surface area contributed by atoms with Gasteiger partial charge >= 0.3 is 6.18 Å². The van der Waals surface area contributed by atoms with Crippen molar-refractivity contribution in [3.63, 3.8) is 0 Å². The van der Waals surface area contributed by atoms with Crippen molar-refractivity contribution < 1.29 is 34.4 Å². The van der Waals surface area contributed by atoms with Gasteiger partial charge < -0.3 is 0 Å². The van der Waals surface area contributed by atoms with E-state index in [0.717, 1.165) is 36.4 Å². The summed E-state index contributed by atoms with van der Waals surface area (Å²) in [6.45, 7) is 0. The highest BCUT2D eigenvalue weighted by molar-refractivity contribution is 7.95. The standard InChI is InChI=1S/C15H12F4N2O4S2/c16-12-4-5-13(14(9-12)27(20,24)25)21-26(22,23)7-6-10-2-1-3-11(8-10)15(17,18)19/h1-9,21H,(H2,20,24,25)/b7-6+. The van der Waals surface area contributed by atoms with Crippen molar-refractivity contribution >= 4 is 31.8 Å². The predicted octanol–water partition coefficient (Wildman–Crippen LogP) is 2.90. The number of benzene rings is 2. The summed E-state index contributed by atoms with van der Waals surface area (Å²) < 4.78 is 100. The molecule has 0 saturated carbocycles. The zero-order valence-corrected chi connectivity index (χ0v) is 14.9. The van der Waals surface area contributed by atoms with Crippen molar-refractivity contribution in [1.29, 1.82) is 0 Å². The van der Waals surface area contributed by atoms with Gasteiger partial charge in [-0.25, -0.2) is 26.4 Å². The van der Waals surface area contributed by atoms with Crippen LogP contribution in [0.2, 0.25) is 0 Å². The lowest BCUT2D eigenvalue weighted by Gasteiger charge is -2.09. The second kappa shape index (κ2) is 7.29. The van der Waals surface area contributed by atoms with E-state index in [9.17, 15) is 34.4 Å². The van der Waals surface area contributed by atoms with E-state index in [1.807, 2.05) is 4.72 Å². The Morgan fingerprint density at radius 1 is 1.00 bits per heavy atom. The summed E-state index contributed by atoms with van der Waals surface area (Å²) in [5.74, 6) is -0.957. The summed E-state index contributed by atoms with van der Waals surface area (Å²) in [4.78, 5) is -0.793. The van der Waals surface area contributed by atoms with Crippen LogP contribution in [0.4, 0.5) is 23.2 Å². The van der Waals surface area contributed by atoms with Crippen molar-refractivity contribution in [1.82, 2.24) is 0 Å². The lowest BCUT2D eigenvalue weighted by Crippen LogP contribution is -2.17. The summed E-state index contributed by atoms with van der Waals surface area (Å²) in [7, 11) is -8.76. The molecule has 0 fully saturated rings. The lowest BCUT2D eigenvalue weighted by atomic mass is 10.1. The molecule has 12 heteroatoms. The van der Waals surface area contributed by atoms with Gasteiger partial charge in [-0.05, 0) is 42.0 Å². The summed E-state index contributed by atoms with van der Waals surface area (Å²) in [5, 5.41) is 5.45. The molecule has 0 spiro atoms. The fourth-order valence-corrected chi connectivity index (χ4v) is 3.65. The first kappa shape index (κ1) is 20.9. The third kappa shape index (κ3) is 5.77. The SMILES string of the molecule is NS(=O)(=O)c1cc(F)ccc1NS(=O)(=O)/C=C/c1cccc(C(F)(F)F)c1. The van der Waals surface area contributed by atoms with Gasteiger partial charge in [0.2, 0.25) is 10.0 Å². The Labute approximate surface area is 152 Å². The highest BCUT2D eigenvalue weighted by Crippen LogP contribution is 2.30. The average molecular weight is 424 g/mol. The van der Waals surface area contributed by atoms with E-state index in [1.54, 1.807) is 0 Å². The second-order valence-corrected chi connectivity index (χ2v) is 8.35. The molecule has 0 atom stereocenters. The van der Waals surface area contributed by atoms with E-state index in [4.69, 9.17) is 5.14 Å². The number of primary sulfonamides is 1. The van der Waals surface area contributed by atoms with E-state index < -0.39 is 48.2 Å². The second-order valence-electron chi connectivity index (χ2n) is 5.26. The number of hydrogen-bond acceptors (Lipinski definition) is 4. The van der Waals surface area contributed by atoms with Crippen LogP contribution in [0.15, 0.2) is 52.8 Å². The average Bonchev–Trinajstić information content (AvgIpc) is 2.53. The molecular formula is C15H12F4N2O4S2. The Kier molecular flexibility index (Phi) is 5.63. The molecule has 0 radical (unpaired) electrons. The Morgan fingerprint density at radius 3 is 2.26 bits per heavy atom. The van der Waals surface area contributed by atoms with Gasteiger partial charge in [-0.3, -0.25) is 4.72 Å². The number of alkyl halides is 3. The zero-order valence-electron chi connectivity index (χ0n) is 13.2. The van der Waals surface area contributed by atoms with E-state index >= 15 is 0 Å². The third-order valence-electron chi connectivity index (χ3n) is 3.16. The van der Waals surface area contributed by atoms with Gasteiger partial charge in [0.25, 0.3) is 10.0 Å². The van der Waals surface area contributed by atoms with Crippen LogP contribution in [0.3, 0.4) is 0 Å². The fourth-order valence-electron chi connectivity index (χ4n) is 1.99. The molecule has 2 aromatic rings. The summed E-state index contributed by atoms with van der Waals surface area (Å²) in [5.41, 5.74) is -1.53. The van der Waals surface area contributed by atoms with Gasteiger partial charge in [-0.15, -0.1) is 0 Å². The van der Waals surface area contributed by atoms with Gasteiger partial charge in [0.05, 0.1) is 16.7 Å². The molecule has 0 aliphatic heterocycles. The van der Waals surface area contributed by atoms with Crippen molar-refractivity contribution in [2.45, 2.75) is 11.1 Å². The Morgan fingerprint density at radius 2 is 1.67 bits per heavy atom. The van der Waals surface area contributed by atoms with Crippen LogP contribution >= 0.6 is 0 Å². The lowest BCUT2D eigenvalue weighted by molar-refractivity contribution is -0.137. The minimum atomic E-state index is -4.60. The van der Waals surface area contributed by atoms with Gasteiger partial charge in [-0.2, -0.15) is 13.2 Å². The van der Waals surface area contributed by atoms with E-state index in [2.05, 4.69) is 0 Å². The normalized spacial score (nSPS) is 13.1. The van der Waals surface area contributed by atoms with Crippen molar-refractivity contribution in [2.75, 3.05) is 4.72 Å². The first-order valence-electron chi connectivity index (χ1n) is 6.98. The number of hydrogen-bond donors (Lipinski definition) is 2. The molecule has 2 rings (SSSR count). The number of nitrogens with one attached hydrogen (secondary N) is 1. The molecule has 0 heterocycles. The van der Waals surface area contributed by atoms with Crippen molar-refractivity contribution in [3.05, 3.63) is 64.8 Å². The summed E-state index contributed by atoms with van der Waals surface area (Å²) in [6.07, 6.45) is -3.71. The smallest absolute Gasteiger partial charge is 0.279 e. The maximum Gasteiger partial charge on any atom is 0.416 e. The van der Waals surface area contributed by atoms with Crippen molar-refractivity contribution in [2.24, 2.45) is 5.14 Å². The molecule has 0 amide bonds. The molecule has 2 aromatic carbocycles. The topological polar surface area (TPSA) is 106 Å². The number of halogens is 4. The summed E-state index contributed by atoms with van der Waals surface area (Å²) >= 11 is 0. The molecule has 0 bridgehead atoms. The molecule has 6 nitrogen and oxygen atoms in total. The third-order valence-corrected chi connectivity index (χ3v) is 5.11. The van der Waals surface area contributed by atoms with Crippen LogP contribution < -0.4 is 9.86 Å². The molecule has 0 saturated heterocycles. The highest BCUT2D eigenvalue weighted by Gasteiger charge is 2.30. The molecule has 3 N–H and O–H groups in total. The van der Waals surface area contributed by atoms with E-state index in [1.165, 1.54) is 6.07 Å². The van der Waals surface area contributed by atoms with E-state index in [0.29, 0.717) is 11.5 Å². The molecule has 0 aromatic heterocycles. The van der Waals surface area contributed by atoms with Gasteiger partial charge in [0, 0.05) is 0 Å². The van der Waals surface area contributed by atoms with Gasteiger partial charge in [0.15, 0.2) is 0 Å². The van der Waals surface area contributed by atoms with Crippen LogP contribution in [0.1, 0.15) is 11.1 Å².